The minimum absolute atomic E-state index is 0.0891. The van der Waals surface area contributed by atoms with Crippen molar-refractivity contribution in [3.05, 3.63) is 77.1 Å². The van der Waals surface area contributed by atoms with E-state index in [4.69, 9.17) is 9.72 Å². The van der Waals surface area contributed by atoms with Crippen molar-refractivity contribution in [3.63, 3.8) is 0 Å². The number of ether oxygens (including phenoxy) is 1. The van der Waals surface area contributed by atoms with Crippen molar-refractivity contribution >= 4 is 5.91 Å². The molecule has 5 rings (SSSR count). The molecule has 1 aromatic heterocycles. The number of piperidine rings is 1. The molecule has 172 valence electrons. The smallest absolute Gasteiger partial charge is 0.271 e. The summed E-state index contributed by atoms with van der Waals surface area (Å²) < 4.78 is 7.79. The van der Waals surface area contributed by atoms with Crippen LogP contribution in [0.4, 0.5) is 0 Å². The quantitative estimate of drug-likeness (QED) is 0.624. The molecule has 2 aliphatic rings. The Hall–Kier alpha value is -2.96. The van der Waals surface area contributed by atoms with Gasteiger partial charge in [-0.25, -0.2) is 4.98 Å². The molecule has 6 heteroatoms. The van der Waals surface area contributed by atoms with Crippen LogP contribution in [-0.2, 0) is 24.4 Å². The number of fused-ring (bicyclic) bond motifs is 1. The third kappa shape index (κ3) is 4.87. The lowest BCUT2D eigenvalue weighted by molar-refractivity contribution is 0.0812. The third-order valence-corrected chi connectivity index (χ3v) is 6.93. The Morgan fingerprint density at radius 3 is 2.61 bits per heavy atom. The van der Waals surface area contributed by atoms with Crippen molar-refractivity contribution in [2.45, 2.75) is 39.5 Å². The van der Waals surface area contributed by atoms with E-state index in [-0.39, 0.29) is 5.91 Å². The minimum Gasteiger partial charge on any atom is -0.373 e. The second-order valence-corrected chi connectivity index (χ2v) is 9.16. The van der Waals surface area contributed by atoms with Crippen molar-refractivity contribution in [2.24, 2.45) is 5.92 Å². The first-order chi connectivity index (χ1) is 16.2. The molecular formula is C27H32N4O2. The van der Waals surface area contributed by atoms with Gasteiger partial charge in [0.25, 0.3) is 5.91 Å². The number of aromatic nitrogens is 2. The van der Waals surface area contributed by atoms with Gasteiger partial charge in [-0.3, -0.25) is 9.69 Å². The number of carbonyl (C=O) groups excluding carboxylic acids is 1. The van der Waals surface area contributed by atoms with Crippen molar-refractivity contribution in [1.29, 1.82) is 0 Å². The third-order valence-electron chi connectivity index (χ3n) is 6.93. The van der Waals surface area contributed by atoms with E-state index in [1.807, 2.05) is 30.3 Å². The van der Waals surface area contributed by atoms with Crippen LogP contribution in [0.3, 0.4) is 0 Å². The zero-order valence-electron chi connectivity index (χ0n) is 19.3. The molecule has 2 aliphatic heterocycles. The number of carbonyl (C=O) groups is 1. The van der Waals surface area contributed by atoms with Crippen LogP contribution in [0.5, 0.6) is 0 Å². The van der Waals surface area contributed by atoms with E-state index in [1.54, 1.807) is 0 Å². The summed E-state index contributed by atoms with van der Waals surface area (Å²) in [4.78, 5) is 20.4. The summed E-state index contributed by atoms with van der Waals surface area (Å²) in [5.41, 5.74) is 5.18. The predicted molar refractivity (Wildman–Crippen MR) is 129 cm³/mol. The Bertz CT molecular complexity index is 1100. The van der Waals surface area contributed by atoms with Crippen LogP contribution in [0, 0.1) is 12.8 Å². The van der Waals surface area contributed by atoms with Gasteiger partial charge in [0, 0.05) is 25.2 Å². The molecule has 33 heavy (non-hydrogen) atoms. The average Bonchev–Trinajstić information content (AvgIpc) is 3.25. The summed E-state index contributed by atoms with van der Waals surface area (Å²) in [5, 5.41) is 3.17. The SMILES string of the molecule is Cc1ccccc1CN1CCC(CNC(=O)c2nc(-c3ccccc3)n3c2COCC3)CC1. The van der Waals surface area contributed by atoms with Crippen LogP contribution in [-0.4, -0.2) is 46.6 Å². The summed E-state index contributed by atoms with van der Waals surface area (Å²) in [5.74, 6) is 1.27. The number of nitrogens with zero attached hydrogens (tertiary/aromatic N) is 3. The average molecular weight is 445 g/mol. The minimum atomic E-state index is -0.0891. The standard InChI is InChI=1S/C27H32N4O2/c1-20-7-5-6-10-23(20)18-30-13-11-21(12-14-30)17-28-27(32)25-24-19-33-16-15-31(24)26(29-25)22-8-3-2-4-9-22/h2-10,21H,11-19H2,1H3,(H,28,32). The van der Waals surface area contributed by atoms with E-state index in [0.717, 1.165) is 56.1 Å². The second kappa shape index (κ2) is 9.89. The predicted octanol–water partition coefficient (Wildman–Crippen LogP) is 4.03. The number of hydrogen-bond acceptors (Lipinski definition) is 4. The fraction of sp³-hybridized carbons (Fsp3) is 0.407. The molecule has 0 atom stereocenters. The maximum Gasteiger partial charge on any atom is 0.271 e. The Morgan fingerprint density at radius 2 is 1.82 bits per heavy atom. The lowest BCUT2D eigenvalue weighted by Gasteiger charge is -2.32. The molecule has 1 saturated heterocycles. The Balaban J connectivity index is 1.19. The molecule has 1 fully saturated rings. The molecule has 0 radical (unpaired) electrons. The van der Waals surface area contributed by atoms with E-state index in [0.29, 0.717) is 31.4 Å². The van der Waals surface area contributed by atoms with Crippen LogP contribution >= 0.6 is 0 Å². The summed E-state index contributed by atoms with van der Waals surface area (Å²) in [6, 6.07) is 18.7. The Morgan fingerprint density at radius 1 is 1.06 bits per heavy atom. The van der Waals surface area contributed by atoms with Crippen molar-refractivity contribution in [1.82, 2.24) is 19.8 Å². The highest BCUT2D eigenvalue weighted by atomic mass is 16.5. The Labute approximate surface area is 195 Å². The first kappa shape index (κ1) is 21.9. The van der Waals surface area contributed by atoms with Crippen LogP contribution in [0.15, 0.2) is 54.6 Å². The highest BCUT2D eigenvalue weighted by Crippen LogP contribution is 2.26. The second-order valence-electron chi connectivity index (χ2n) is 9.16. The molecule has 0 saturated carbocycles. The summed E-state index contributed by atoms with van der Waals surface area (Å²) in [6.07, 6.45) is 2.21. The number of benzene rings is 2. The molecule has 0 aliphatic carbocycles. The van der Waals surface area contributed by atoms with Crippen LogP contribution in [0.2, 0.25) is 0 Å². The zero-order valence-corrected chi connectivity index (χ0v) is 19.3. The van der Waals surface area contributed by atoms with E-state index in [1.165, 1.54) is 11.1 Å². The van der Waals surface area contributed by atoms with Gasteiger partial charge >= 0.3 is 0 Å². The molecule has 0 bridgehead atoms. The monoisotopic (exact) mass is 444 g/mol. The van der Waals surface area contributed by atoms with Crippen molar-refractivity contribution in [3.8, 4) is 11.4 Å². The fourth-order valence-corrected chi connectivity index (χ4v) is 4.89. The largest absolute Gasteiger partial charge is 0.373 e. The topological polar surface area (TPSA) is 59.4 Å². The van der Waals surface area contributed by atoms with E-state index < -0.39 is 0 Å². The lowest BCUT2D eigenvalue weighted by Crippen LogP contribution is -2.38. The maximum absolute atomic E-state index is 13.1. The molecule has 3 heterocycles. The number of amides is 1. The van der Waals surface area contributed by atoms with E-state index in [9.17, 15) is 4.79 Å². The van der Waals surface area contributed by atoms with Gasteiger partial charge < -0.3 is 14.6 Å². The van der Waals surface area contributed by atoms with Gasteiger partial charge in [0.1, 0.15) is 5.82 Å². The molecule has 1 N–H and O–H groups in total. The molecule has 0 spiro atoms. The number of likely N-dealkylation sites (tertiary alicyclic amines) is 1. The molecular weight excluding hydrogens is 412 g/mol. The van der Waals surface area contributed by atoms with Gasteiger partial charge in [-0.15, -0.1) is 0 Å². The van der Waals surface area contributed by atoms with Gasteiger partial charge in [-0.2, -0.15) is 0 Å². The molecule has 2 aromatic carbocycles. The zero-order chi connectivity index (χ0) is 22.6. The van der Waals surface area contributed by atoms with Crippen LogP contribution in [0.1, 0.15) is 40.2 Å². The van der Waals surface area contributed by atoms with Gasteiger partial charge in [-0.1, -0.05) is 54.6 Å². The van der Waals surface area contributed by atoms with Gasteiger partial charge in [0.2, 0.25) is 0 Å². The van der Waals surface area contributed by atoms with Crippen LogP contribution < -0.4 is 5.32 Å². The lowest BCUT2D eigenvalue weighted by atomic mass is 9.96. The van der Waals surface area contributed by atoms with E-state index >= 15 is 0 Å². The molecule has 1 amide bonds. The number of hydrogen-bond donors (Lipinski definition) is 1. The van der Waals surface area contributed by atoms with Gasteiger partial charge in [0.15, 0.2) is 5.69 Å². The first-order valence-corrected chi connectivity index (χ1v) is 12.0. The highest BCUT2D eigenvalue weighted by molar-refractivity contribution is 5.94. The number of aryl methyl sites for hydroxylation is 1. The Kier molecular flexibility index (Phi) is 6.55. The van der Waals surface area contributed by atoms with Crippen molar-refractivity contribution in [2.75, 3.05) is 26.2 Å². The summed E-state index contributed by atoms with van der Waals surface area (Å²) in [7, 11) is 0. The number of nitrogens with one attached hydrogen (secondary N) is 1. The fourth-order valence-electron chi connectivity index (χ4n) is 4.89. The number of imidazole rings is 1. The molecule has 0 unspecified atom stereocenters. The maximum atomic E-state index is 13.1. The van der Waals surface area contributed by atoms with Gasteiger partial charge in [0.05, 0.1) is 18.9 Å². The summed E-state index contributed by atoms with van der Waals surface area (Å²) >= 11 is 0. The molecule has 6 nitrogen and oxygen atoms in total. The highest BCUT2D eigenvalue weighted by Gasteiger charge is 2.26. The van der Waals surface area contributed by atoms with E-state index in [2.05, 4.69) is 46.0 Å². The van der Waals surface area contributed by atoms with Crippen molar-refractivity contribution < 1.29 is 9.53 Å². The number of rotatable bonds is 6. The molecule has 3 aromatic rings. The first-order valence-electron chi connectivity index (χ1n) is 12.0. The van der Waals surface area contributed by atoms with Gasteiger partial charge in [-0.05, 0) is 49.9 Å². The van der Waals surface area contributed by atoms with Crippen LogP contribution in [0.25, 0.3) is 11.4 Å². The normalized spacial score (nSPS) is 17.0. The summed E-state index contributed by atoms with van der Waals surface area (Å²) in [6.45, 7) is 7.83.